The molecule has 1 amide bonds. The number of carbonyl (C=O) groups is 1. The first-order valence-corrected chi connectivity index (χ1v) is 7.82. The summed E-state index contributed by atoms with van der Waals surface area (Å²) in [6, 6.07) is 3.86. The Morgan fingerprint density at radius 2 is 2.11 bits per heavy atom. The second kappa shape index (κ2) is 6.06. The van der Waals surface area contributed by atoms with E-state index in [9.17, 15) is 4.79 Å². The van der Waals surface area contributed by atoms with Gasteiger partial charge in [0.2, 0.25) is 0 Å². The summed E-state index contributed by atoms with van der Waals surface area (Å²) in [6.07, 6.45) is 0. The zero-order chi connectivity index (χ0) is 13.1. The molecule has 0 saturated carbocycles. The highest BCUT2D eigenvalue weighted by atomic mass is 32.2. The molecule has 1 aliphatic rings. The molecule has 1 aromatic rings. The van der Waals surface area contributed by atoms with Crippen LogP contribution < -0.4 is 11.3 Å². The fraction of sp³-hybridized carbons (Fsp3) is 0.583. The molecule has 2 heterocycles. The molecule has 1 fully saturated rings. The van der Waals surface area contributed by atoms with Gasteiger partial charge in [-0.05, 0) is 12.1 Å². The van der Waals surface area contributed by atoms with Crippen molar-refractivity contribution in [3.05, 3.63) is 21.9 Å². The Hall–Kier alpha value is -0.560. The van der Waals surface area contributed by atoms with E-state index in [4.69, 9.17) is 5.84 Å². The molecule has 1 saturated heterocycles. The molecule has 2 atom stereocenters. The van der Waals surface area contributed by atoms with E-state index in [2.05, 4.69) is 35.9 Å². The Kier molecular flexibility index (Phi) is 4.66. The molecule has 18 heavy (non-hydrogen) atoms. The molecule has 0 aromatic carbocycles. The van der Waals surface area contributed by atoms with Crippen molar-refractivity contribution >= 4 is 29.0 Å². The number of nitrogens with two attached hydrogens (primary N) is 1. The summed E-state index contributed by atoms with van der Waals surface area (Å²) in [4.78, 5) is 15.7. The number of nitrogen functional groups attached to an aromatic ring is 1. The molecule has 0 bridgehead atoms. The van der Waals surface area contributed by atoms with Gasteiger partial charge in [0.25, 0.3) is 5.91 Å². The fourth-order valence-corrected chi connectivity index (χ4v) is 4.63. The highest BCUT2D eigenvalue weighted by Gasteiger charge is 2.22. The lowest BCUT2D eigenvalue weighted by molar-refractivity contribution is 0.0957. The number of nitrogens with zero attached hydrogens (tertiary/aromatic N) is 1. The predicted molar refractivity (Wildman–Crippen MR) is 77.8 cm³/mol. The third kappa shape index (κ3) is 3.47. The van der Waals surface area contributed by atoms with E-state index in [1.807, 2.05) is 12.1 Å². The van der Waals surface area contributed by atoms with Gasteiger partial charge < -0.3 is 0 Å². The molecule has 6 heteroatoms. The average Bonchev–Trinajstić information content (AvgIpc) is 2.75. The maximum absolute atomic E-state index is 11.4. The number of amides is 1. The smallest absolute Gasteiger partial charge is 0.275 e. The number of hydrogen-bond acceptors (Lipinski definition) is 5. The SMILES string of the molecule is CC1CN(Cc2ccc(C(=O)NN)s2)CC(C)S1. The van der Waals surface area contributed by atoms with Crippen molar-refractivity contribution in [1.82, 2.24) is 10.3 Å². The fourth-order valence-electron chi connectivity index (χ4n) is 2.29. The first-order valence-electron chi connectivity index (χ1n) is 6.06. The van der Waals surface area contributed by atoms with Crippen molar-refractivity contribution in [2.75, 3.05) is 13.1 Å². The molecular weight excluding hydrogens is 266 g/mol. The van der Waals surface area contributed by atoms with E-state index < -0.39 is 0 Å². The summed E-state index contributed by atoms with van der Waals surface area (Å²) < 4.78 is 0. The lowest BCUT2D eigenvalue weighted by Crippen LogP contribution is -2.39. The second-order valence-electron chi connectivity index (χ2n) is 4.69. The van der Waals surface area contributed by atoms with Crippen molar-refractivity contribution in [3.63, 3.8) is 0 Å². The van der Waals surface area contributed by atoms with Crippen LogP contribution in [0.3, 0.4) is 0 Å². The quantitative estimate of drug-likeness (QED) is 0.504. The third-order valence-electron chi connectivity index (χ3n) is 2.89. The van der Waals surface area contributed by atoms with Crippen LogP contribution in [0.25, 0.3) is 0 Å². The second-order valence-corrected chi connectivity index (χ2v) is 7.74. The van der Waals surface area contributed by atoms with Gasteiger partial charge >= 0.3 is 0 Å². The zero-order valence-electron chi connectivity index (χ0n) is 10.7. The van der Waals surface area contributed by atoms with Gasteiger partial charge in [-0.25, -0.2) is 5.84 Å². The van der Waals surface area contributed by atoms with Gasteiger partial charge in [0.05, 0.1) is 4.88 Å². The van der Waals surface area contributed by atoms with E-state index in [1.54, 1.807) is 0 Å². The van der Waals surface area contributed by atoms with Gasteiger partial charge in [-0.15, -0.1) is 11.3 Å². The van der Waals surface area contributed by atoms with E-state index in [1.165, 1.54) is 16.2 Å². The van der Waals surface area contributed by atoms with Crippen molar-refractivity contribution < 1.29 is 4.79 Å². The molecule has 4 nitrogen and oxygen atoms in total. The van der Waals surface area contributed by atoms with Gasteiger partial charge in [-0.2, -0.15) is 11.8 Å². The topological polar surface area (TPSA) is 58.4 Å². The minimum atomic E-state index is -0.206. The summed E-state index contributed by atoms with van der Waals surface area (Å²) in [5.74, 6) is 4.92. The molecule has 1 aliphatic heterocycles. The molecule has 0 radical (unpaired) electrons. The summed E-state index contributed by atoms with van der Waals surface area (Å²) in [7, 11) is 0. The molecule has 100 valence electrons. The van der Waals surface area contributed by atoms with E-state index in [0.717, 1.165) is 19.6 Å². The molecule has 2 unspecified atom stereocenters. The van der Waals surface area contributed by atoms with E-state index in [0.29, 0.717) is 15.4 Å². The van der Waals surface area contributed by atoms with Crippen LogP contribution in [0, 0.1) is 0 Å². The Balaban J connectivity index is 1.96. The number of thiophene rings is 1. The molecule has 0 spiro atoms. The van der Waals surface area contributed by atoms with E-state index >= 15 is 0 Å². The van der Waals surface area contributed by atoms with Crippen LogP contribution in [0.15, 0.2) is 12.1 Å². The number of rotatable bonds is 3. The van der Waals surface area contributed by atoms with Crippen LogP contribution in [0.5, 0.6) is 0 Å². The van der Waals surface area contributed by atoms with Gasteiger partial charge in [0, 0.05) is 35.0 Å². The molecule has 3 N–H and O–H groups in total. The first kappa shape index (κ1) is 13.9. The summed E-state index contributed by atoms with van der Waals surface area (Å²) >= 11 is 3.57. The van der Waals surface area contributed by atoms with Crippen LogP contribution in [0.4, 0.5) is 0 Å². The zero-order valence-corrected chi connectivity index (χ0v) is 12.3. The van der Waals surface area contributed by atoms with Gasteiger partial charge in [-0.3, -0.25) is 15.1 Å². The number of carbonyl (C=O) groups excluding carboxylic acids is 1. The van der Waals surface area contributed by atoms with Gasteiger partial charge in [0.1, 0.15) is 0 Å². The maximum atomic E-state index is 11.4. The van der Waals surface area contributed by atoms with Crippen molar-refractivity contribution in [1.29, 1.82) is 0 Å². The lowest BCUT2D eigenvalue weighted by Gasteiger charge is -2.34. The molecule has 2 rings (SSSR count). The number of nitrogens with one attached hydrogen (secondary N) is 1. The summed E-state index contributed by atoms with van der Waals surface area (Å²) in [5.41, 5.74) is 2.17. The van der Waals surface area contributed by atoms with Crippen LogP contribution in [-0.2, 0) is 6.54 Å². The predicted octanol–water partition coefficient (Wildman–Crippen LogP) is 1.68. The van der Waals surface area contributed by atoms with E-state index in [-0.39, 0.29) is 5.91 Å². The number of thioether (sulfide) groups is 1. The van der Waals surface area contributed by atoms with Crippen LogP contribution >= 0.6 is 23.1 Å². The average molecular weight is 285 g/mol. The molecule has 1 aromatic heterocycles. The maximum Gasteiger partial charge on any atom is 0.275 e. The molecule has 0 aliphatic carbocycles. The highest BCUT2D eigenvalue weighted by molar-refractivity contribution is 8.00. The van der Waals surface area contributed by atoms with Crippen molar-refractivity contribution in [2.45, 2.75) is 30.9 Å². The van der Waals surface area contributed by atoms with Crippen molar-refractivity contribution in [3.8, 4) is 0 Å². The highest BCUT2D eigenvalue weighted by Crippen LogP contribution is 2.27. The minimum Gasteiger partial charge on any atom is -0.296 e. The first-order chi connectivity index (χ1) is 8.58. The standard InChI is InChI=1S/C12H19N3OS2/c1-8-5-15(6-9(2)17-8)7-10-3-4-11(18-10)12(16)14-13/h3-4,8-9H,5-7,13H2,1-2H3,(H,14,16). The van der Waals surface area contributed by atoms with Gasteiger partial charge in [0.15, 0.2) is 0 Å². The van der Waals surface area contributed by atoms with Crippen LogP contribution in [0.1, 0.15) is 28.4 Å². The summed E-state index contributed by atoms with van der Waals surface area (Å²) in [6.45, 7) is 7.71. The van der Waals surface area contributed by atoms with Crippen molar-refractivity contribution in [2.24, 2.45) is 5.84 Å². The lowest BCUT2D eigenvalue weighted by atomic mass is 10.3. The third-order valence-corrected chi connectivity index (χ3v) is 5.19. The Morgan fingerprint density at radius 3 is 2.72 bits per heavy atom. The number of hydrogen-bond donors (Lipinski definition) is 2. The monoisotopic (exact) mass is 285 g/mol. The number of hydrazine groups is 1. The minimum absolute atomic E-state index is 0.206. The molecular formula is C12H19N3OS2. The van der Waals surface area contributed by atoms with Crippen LogP contribution in [-0.4, -0.2) is 34.4 Å². The largest absolute Gasteiger partial charge is 0.296 e. The normalized spacial score (nSPS) is 25.1. The Labute approximate surface area is 116 Å². The van der Waals surface area contributed by atoms with Crippen LogP contribution in [0.2, 0.25) is 0 Å². The Morgan fingerprint density at radius 1 is 1.44 bits per heavy atom. The Bertz CT molecular complexity index is 411. The summed E-state index contributed by atoms with van der Waals surface area (Å²) in [5, 5.41) is 1.36. The van der Waals surface area contributed by atoms with Gasteiger partial charge in [-0.1, -0.05) is 13.8 Å².